The Labute approximate surface area is 170 Å². The van der Waals surface area contributed by atoms with Gasteiger partial charge in [-0.05, 0) is 62.2 Å². The maximum absolute atomic E-state index is 12.8. The van der Waals surface area contributed by atoms with Crippen LogP contribution >= 0.6 is 11.6 Å². The van der Waals surface area contributed by atoms with E-state index in [0.29, 0.717) is 48.9 Å². The zero-order chi connectivity index (χ0) is 20.1. The smallest absolute Gasteiger partial charge is 0.251 e. The van der Waals surface area contributed by atoms with E-state index in [0.717, 1.165) is 0 Å². The lowest BCUT2D eigenvalue weighted by molar-refractivity contribution is 0.0924. The van der Waals surface area contributed by atoms with Crippen molar-refractivity contribution in [2.45, 2.75) is 30.7 Å². The van der Waals surface area contributed by atoms with Crippen LogP contribution in [0.4, 0.5) is 0 Å². The predicted molar refractivity (Wildman–Crippen MR) is 108 cm³/mol. The molecule has 0 bridgehead atoms. The molecule has 0 saturated carbocycles. The predicted octanol–water partition coefficient (Wildman–Crippen LogP) is 3.32. The Morgan fingerprint density at radius 2 is 1.86 bits per heavy atom. The van der Waals surface area contributed by atoms with Crippen LogP contribution in [0.15, 0.2) is 53.4 Å². The molecule has 150 valence electrons. The Hall–Kier alpha value is -2.09. The Balaban J connectivity index is 1.59. The molecule has 0 spiro atoms. The molecular formula is C20H23ClN2O4S. The number of hydrogen-bond donors (Lipinski definition) is 1. The molecule has 28 heavy (non-hydrogen) atoms. The Morgan fingerprint density at radius 3 is 2.46 bits per heavy atom. The molecular weight excluding hydrogens is 400 g/mol. The van der Waals surface area contributed by atoms with E-state index < -0.39 is 10.0 Å². The Morgan fingerprint density at radius 1 is 1.18 bits per heavy atom. The third-order valence-electron chi connectivity index (χ3n) is 4.65. The van der Waals surface area contributed by atoms with Crippen LogP contribution in [0.5, 0.6) is 5.75 Å². The first-order chi connectivity index (χ1) is 13.4. The molecule has 6 nitrogen and oxygen atoms in total. The maximum atomic E-state index is 12.8. The van der Waals surface area contributed by atoms with E-state index in [1.165, 1.54) is 4.31 Å². The fourth-order valence-electron chi connectivity index (χ4n) is 3.16. The first-order valence-electron chi connectivity index (χ1n) is 9.19. The Bertz CT molecular complexity index is 923. The van der Waals surface area contributed by atoms with Crippen molar-refractivity contribution in [1.29, 1.82) is 0 Å². The average Bonchev–Trinajstić information content (AvgIpc) is 2.69. The third-order valence-corrected chi connectivity index (χ3v) is 6.80. The molecule has 1 aliphatic rings. The lowest BCUT2D eigenvalue weighted by atomic mass is 10.1. The van der Waals surface area contributed by atoms with Gasteiger partial charge in [-0.2, -0.15) is 4.31 Å². The molecule has 1 fully saturated rings. The SMILES string of the molecule is CCOc1ccc(S(=O)(=O)N2CCC(NC(=O)c3cccc(Cl)c3)CC2)cc1. The van der Waals surface area contributed by atoms with E-state index in [1.54, 1.807) is 48.5 Å². The summed E-state index contributed by atoms with van der Waals surface area (Å²) in [7, 11) is -3.56. The van der Waals surface area contributed by atoms with E-state index in [1.807, 2.05) is 6.92 Å². The summed E-state index contributed by atoms with van der Waals surface area (Å²) in [5.41, 5.74) is 0.497. The van der Waals surface area contributed by atoms with Crippen molar-refractivity contribution >= 4 is 27.5 Å². The summed E-state index contributed by atoms with van der Waals surface area (Å²) in [6.45, 7) is 3.12. The van der Waals surface area contributed by atoms with Crippen LogP contribution in [0.3, 0.4) is 0 Å². The second-order valence-electron chi connectivity index (χ2n) is 6.57. The molecule has 2 aromatic rings. The quantitative estimate of drug-likeness (QED) is 0.774. The number of benzene rings is 2. The van der Waals surface area contributed by atoms with Gasteiger partial charge in [-0.3, -0.25) is 4.79 Å². The number of amides is 1. The molecule has 3 rings (SSSR count). The number of piperidine rings is 1. The largest absolute Gasteiger partial charge is 0.494 e. The zero-order valence-corrected chi connectivity index (χ0v) is 17.2. The second-order valence-corrected chi connectivity index (χ2v) is 8.94. The van der Waals surface area contributed by atoms with Crippen molar-refractivity contribution < 1.29 is 17.9 Å². The maximum Gasteiger partial charge on any atom is 0.251 e. The standard InChI is InChI=1S/C20H23ClN2O4S/c1-2-27-18-6-8-19(9-7-18)28(25,26)23-12-10-17(11-13-23)22-20(24)15-4-3-5-16(21)14-15/h3-9,14,17H,2,10-13H2,1H3,(H,22,24). The van der Waals surface area contributed by atoms with Gasteiger partial charge in [-0.1, -0.05) is 17.7 Å². The van der Waals surface area contributed by atoms with Crippen LogP contribution in [0.2, 0.25) is 5.02 Å². The summed E-state index contributed by atoms with van der Waals surface area (Å²) in [5.74, 6) is 0.444. The molecule has 1 saturated heterocycles. The minimum Gasteiger partial charge on any atom is -0.494 e. The molecule has 8 heteroatoms. The first-order valence-corrected chi connectivity index (χ1v) is 11.0. The number of ether oxygens (including phenoxy) is 1. The van der Waals surface area contributed by atoms with Crippen LogP contribution in [0, 0.1) is 0 Å². The number of rotatable bonds is 6. The lowest BCUT2D eigenvalue weighted by Gasteiger charge is -2.31. The van der Waals surface area contributed by atoms with Crippen molar-refractivity contribution in [2.75, 3.05) is 19.7 Å². The highest BCUT2D eigenvalue weighted by Crippen LogP contribution is 2.23. The van der Waals surface area contributed by atoms with Gasteiger partial charge in [0.25, 0.3) is 5.91 Å². The summed E-state index contributed by atoms with van der Waals surface area (Å²) in [6, 6.07) is 13.1. The minimum atomic E-state index is -3.56. The number of hydrogen-bond acceptors (Lipinski definition) is 4. The van der Waals surface area contributed by atoms with Crippen molar-refractivity contribution in [3.8, 4) is 5.75 Å². The summed E-state index contributed by atoms with van der Waals surface area (Å²) in [5, 5.41) is 3.46. The van der Waals surface area contributed by atoms with Gasteiger partial charge in [0.15, 0.2) is 0 Å². The first kappa shape index (κ1) is 20.6. The van der Waals surface area contributed by atoms with E-state index in [4.69, 9.17) is 16.3 Å². The van der Waals surface area contributed by atoms with Gasteiger partial charge in [0.05, 0.1) is 11.5 Å². The molecule has 0 unspecified atom stereocenters. The summed E-state index contributed by atoms with van der Waals surface area (Å²) in [4.78, 5) is 12.6. The minimum absolute atomic E-state index is 0.0711. The number of carbonyl (C=O) groups excluding carboxylic acids is 1. The van der Waals surface area contributed by atoms with Crippen molar-refractivity contribution in [3.05, 3.63) is 59.1 Å². The molecule has 1 heterocycles. The molecule has 2 aromatic carbocycles. The van der Waals surface area contributed by atoms with Gasteiger partial charge in [0, 0.05) is 29.7 Å². The van der Waals surface area contributed by atoms with Gasteiger partial charge >= 0.3 is 0 Å². The summed E-state index contributed by atoms with van der Waals surface area (Å²) < 4.78 is 32.5. The highest BCUT2D eigenvalue weighted by atomic mass is 35.5. The van der Waals surface area contributed by atoms with Gasteiger partial charge in [0.1, 0.15) is 5.75 Å². The fourth-order valence-corrected chi connectivity index (χ4v) is 4.82. The fraction of sp³-hybridized carbons (Fsp3) is 0.350. The van der Waals surface area contributed by atoms with Crippen LogP contribution in [0.25, 0.3) is 0 Å². The lowest BCUT2D eigenvalue weighted by Crippen LogP contribution is -2.46. The number of nitrogens with one attached hydrogen (secondary N) is 1. The normalized spacial score (nSPS) is 15.9. The van der Waals surface area contributed by atoms with Crippen molar-refractivity contribution in [1.82, 2.24) is 9.62 Å². The summed E-state index contributed by atoms with van der Waals surface area (Å²) >= 11 is 5.93. The van der Waals surface area contributed by atoms with Gasteiger partial charge in [-0.25, -0.2) is 8.42 Å². The van der Waals surface area contributed by atoms with Crippen LogP contribution in [-0.2, 0) is 10.0 Å². The molecule has 0 aromatic heterocycles. The number of halogens is 1. The van der Waals surface area contributed by atoms with E-state index in [2.05, 4.69) is 5.32 Å². The van der Waals surface area contributed by atoms with E-state index in [-0.39, 0.29) is 16.8 Å². The Kier molecular flexibility index (Phi) is 6.59. The molecule has 1 aliphatic heterocycles. The average molecular weight is 423 g/mol. The van der Waals surface area contributed by atoms with E-state index >= 15 is 0 Å². The van der Waals surface area contributed by atoms with Crippen LogP contribution < -0.4 is 10.1 Å². The third kappa shape index (κ3) is 4.84. The monoisotopic (exact) mass is 422 g/mol. The van der Waals surface area contributed by atoms with Crippen LogP contribution in [0.1, 0.15) is 30.1 Å². The van der Waals surface area contributed by atoms with Crippen molar-refractivity contribution in [2.24, 2.45) is 0 Å². The number of sulfonamides is 1. The highest BCUT2D eigenvalue weighted by Gasteiger charge is 2.30. The molecule has 1 N–H and O–H groups in total. The highest BCUT2D eigenvalue weighted by molar-refractivity contribution is 7.89. The van der Waals surface area contributed by atoms with Crippen molar-refractivity contribution in [3.63, 3.8) is 0 Å². The molecule has 0 aliphatic carbocycles. The topological polar surface area (TPSA) is 75.7 Å². The van der Waals surface area contributed by atoms with Crippen LogP contribution in [-0.4, -0.2) is 44.4 Å². The number of carbonyl (C=O) groups is 1. The molecule has 0 atom stereocenters. The molecule has 1 amide bonds. The van der Waals surface area contributed by atoms with E-state index in [9.17, 15) is 13.2 Å². The van der Waals surface area contributed by atoms with Gasteiger partial charge in [-0.15, -0.1) is 0 Å². The van der Waals surface area contributed by atoms with Gasteiger partial charge in [0.2, 0.25) is 10.0 Å². The van der Waals surface area contributed by atoms with Gasteiger partial charge < -0.3 is 10.1 Å². The zero-order valence-electron chi connectivity index (χ0n) is 15.6. The second kappa shape index (κ2) is 8.94. The summed E-state index contributed by atoms with van der Waals surface area (Å²) in [6.07, 6.45) is 1.12. The molecule has 0 radical (unpaired) electrons. The number of nitrogens with zero attached hydrogens (tertiary/aromatic N) is 1.